The molecule has 0 aliphatic heterocycles. The molecule has 5 heteroatoms. The number of hydrogen-bond donors (Lipinski definition) is 2. The Morgan fingerprint density at radius 3 is 3.00 bits per heavy atom. The number of aliphatic hydroxyl groups excluding tert-OH is 1. The van der Waals surface area contributed by atoms with Crippen LogP contribution in [-0.4, -0.2) is 37.4 Å². The zero-order valence-corrected chi connectivity index (χ0v) is 10.2. The molecular weight excluding hydrogens is 242 g/mol. The zero-order chi connectivity index (χ0) is 12.5. The van der Waals surface area contributed by atoms with Crippen molar-refractivity contribution < 1.29 is 14.6 Å². The van der Waals surface area contributed by atoms with Gasteiger partial charge < -0.3 is 15.2 Å². The molecule has 4 nitrogen and oxygen atoms in total. The third-order valence-corrected chi connectivity index (χ3v) is 2.33. The van der Waals surface area contributed by atoms with E-state index in [0.29, 0.717) is 11.6 Å². The van der Waals surface area contributed by atoms with Gasteiger partial charge in [0.05, 0.1) is 13.2 Å². The quantitative estimate of drug-likeness (QED) is 0.717. The molecule has 1 amide bonds. The SMILES string of the molecule is O=C(COCCO)NCCc1cccc(Cl)c1. The van der Waals surface area contributed by atoms with Crippen LogP contribution in [0.2, 0.25) is 5.02 Å². The first-order chi connectivity index (χ1) is 8.22. The fourth-order valence-corrected chi connectivity index (χ4v) is 1.53. The second-order valence-electron chi connectivity index (χ2n) is 3.51. The fraction of sp³-hybridized carbons (Fsp3) is 0.417. The van der Waals surface area contributed by atoms with E-state index in [2.05, 4.69) is 5.32 Å². The average molecular weight is 258 g/mol. The maximum atomic E-state index is 11.2. The highest BCUT2D eigenvalue weighted by Gasteiger charge is 2.00. The number of carbonyl (C=O) groups excluding carboxylic acids is 1. The van der Waals surface area contributed by atoms with Gasteiger partial charge in [-0.25, -0.2) is 0 Å². The number of hydrogen-bond acceptors (Lipinski definition) is 3. The number of carbonyl (C=O) groups is 1. The molecule has 0 heterocycles. The van der Waals surface area contributed by atoms with Gasteiger partial charge in [-0.15, -0.1) is 0 Å². The number of ether oxygens (including phenoxy) is 1. The van der Waals surface area contributed by atoms with Crippen molar-refractivity contribution in [3.8, 4) is 0 Å². The molecule has 1 aromatic rings. The Bertz CT molecular complexity index is 357. The van der Waals surface area contributed by atoms with Crippen molar-refractivity contribution in [3.05, 3.63) is 34.9 Å². The fourth-order valence-electron chi connectivity index (χ4n) is 1.32. The van der Waals surface area contributed by atoms with Crippen LogP contribution in [0.5, 0.6) is 0 Å². The van der Waals surface area contributed by atoms with Crippen LogP contribution in [0.4, 0.5) is 0 Å². The van der Waals surface area contributed by atoms with E-state index < -0.39 is 0 Å². The molecular formula is C12H16ClNO3. The van der Waals surface area contributed by atoms with Gasteiger partial charge in [-0.05, 0) is 24.1 Å². The third-order valence-electron chi connectivity index (χ3n) is 2.09. The highest BCUT2D eigenvalue weighted by Crippen LogP contribution is 2.10. The van der Waals surface area contributed by atoms with Crippen molar-refractivity contribution in [3.63, 3.8) is 0 Å². The van der Waals surface area contributed by atoms with E-state index in [1.54, 1.807) is 0 Å². The molecule has 1 aromatic carbocycles. The van der Waals surface area contributed by atoms with Gasteiger partial charge in [0.1, 0.15) is 6.61 Å². The van der Waals surface area contributed by atoms with E-state index in [1.807, 2.05) is 24.3 Å². The van der Waals surface area contributed by atoms with Gasteiger partial charge in [-0.1, -0.05) is 23.7 Å². The minimum Gasteiger partial charge on any atom is -0.394 e. The van der Waals surface area contributed by atoms with Gasteiger partial charge in [0, 0.05) is 11.6 Å². The van der Waals surface area contributed by atoms with Gasteiger partial charge in [-0.2, -0.15) is 0 Å². The Hall–Kier alpha value is -1.10. The Balaban J connectivity index is 2.17. The summed E-state index contributed by atoms with van der Waals surface area (Å²) in [6.07, 6.45) is 0.728. The lowest BCUT2D eigenvalue weighted by molar-refractivity contribution is -0.125. The number of benzene rings is 1. The third kappa shape index (κ3) is 6.26. The molecule has 0 aromatic heterocycles. The lowest BCUT2D eigenvalue weighted by Crippen LogP contribution is -2.29. The molecule has 94 valence electrons. The summed E-state index contributed by atoms with van der Waals surface area (Å²) >= 11 is 5.84. The highest BCUT2D eigenvalue weighted by atomic mass is 35.5. The van der Waals surface area contributed by atoms with Gasteiger partial charge in [0.15, 0.2) is 0 Å². The largest absolute Gasteiger partial charge is 0.394 e. The van der Waals surface area contributed by atoms with Crippen molar-refractivity contribution in [1.29, 1.82) is 0 Å². The first kappa shape index (κ1) is 14.0. The van der Waals surface area contributed by atoms with Crippen LogP contribution in [0.25, 0.3) is 0 Å². The van der Waals surface area contributed by atoms with Crippen LogP contribution in [-0.2, 0) is 16.0 Å². The minimum absolute atomic E-state index is 0.0178. The first-order valence-corrected chi connectivity index (χ1v) is 5.80. The van der Waals surface area contributed by atoms with Crippen LogP contribution in [0, 0.1) is 0 Å². The number of aliphatic hydroxyl groups is 1. The molecule has 2 N–H and O–H groups in total. The molecule has 0 saturated heterocycles. The summed E-state index contributed by atoms with van der Waals surface area (Å²) in [5.74, 6) is -0.180. The van der Waals surface area contributed by atoms with E-state index in [9.17, 15) is 4.79 Å². The van der Waals surface area contributed by atoms with Gasteiger partial charge in [0.25, 0.3) is 0 Å². The van der Waals surface area contributed by atoms with E-state index in [0.717, 1.165) is 12.0 Å². The van der Waals surface area contributed by atoms with Crippen molar-refractivity contribution in [2.75, 3.05) is 26.4 Å². The van der Waals surface area contributed by atoms with Crippen LogP contribution in [0.1, 0.15) is 5.56 Å². The van der Waals surface area contributed by atoms with Crippen molar-refractivity contribution in [2.45, 2.75) is 6.42 Å². The maximum Gasteiger partial charge on any atom is 0.246 e. The van der Waals surface area contributed by atoms with Crippen molar-refractivity contribution in [2.24, 2.45) is 0 Å². The summed E-state index contributed by atoms with van der Waals surface area (Å²) in [6, 6.07) is 7.52. The van der Waals surface area contributed by atoms with Gasteiger partial charge >= 0.3 is 0 Å². The van der Waals surface area contributed by atoms with Crippen LogP contribution < -0.4 is 5.32 Å². The lowest BCUT2D eigenvalue weighted by Gasteiger charge is -2.05. The maximum absolute atomic E-state index is 11.2. The standard InChI is InChI=1S/C12H16ClNO3/c13-11-3-1-2-10(8-11)4-5-14-12(16)9-17-7-6-15/h1-3,8,15H,4-7,9H2,(H,14,16). The molecule has 0 fully saturated rings. The van der Waals surface area contributed by atoms with E-state index in [1.165, 1.54) is 0 Å². The predicted molar refractivity (Wildman–Crippen MR) is 66.1 cm³/mol. The number of amides is 1. The second kappa shape index (κ2) is 8.06. The molecule has 0 aliphatic carbocycles. The lowest BCUT2D eigenvalue weighted by atomic mass is 10.1. The zero-order valence-electron chi connectivity index (χ0n) is 9.49. The van der Waals surface area contributed by atoms with E-state index in [-0.39, 0.29) is 25.7 Å². The summed E-state index contributed by atoms with van der Waals surface area (Å²) in [7, 11) is 0. The topological polar surface area (TPSA) is 58.6 Å². The summed E-state index contributed by atoms with van der Waals surface area (Å²) in [5, 5.41) is 11.9. The minimum atomic E-state index is -0.180. The molecule has 0 radical (unpaired) electrons. The van der Waals surface area contributed by atoms with Gasteiger partial charge in [-0.3, -0.25) is 4.79 Å². The van der Waals surface area contributed by atoms with Crippen LogP contribution in [0.15, 0.2) is 24.3 Å². The number of rotatable bonds is 7. The van der Waals surface area contributed by atoms with Gasteiger partial charge in [0.2, 0.25) is 5.91 Å². The van der Waals surface area contributed by atoms with E-state index >= 15 is 0 Å². The highest BCUT2D eigenvalue weighted by molar-refractivity contribution is 6.30. The second-order valence-corrected chi connectivity index (χ2v) is 3.94. The van der Waals surface area contributed by atoms with Crippen molar-refractivity contribution >= 4 is 17.5 Å². The van der Waals surface area contributed by atoms with Crippen LogP contribution >= 0.6 is 11.6 Å². The molecule has 0 atom stereocenters. The molecule has 0 unspecified atom stereocenters. The molecule has 0 spiro atoms. The van der Waals surface area contributed by atoms with Crippen molar-refractivity contribution in [1.82, 2.24) is 5.32 Å². The molecule has 0 bridgehead atoms. The normalized spacial score (nSPS) is 10.2. The summed E-state index contributed by atoms with van der Waals surface area (Å²) < 4.78 is 4.88. The van der Waals surface area contributed by atoms with Crippen LogP contribution in [0.3, 0.4) is 0 Å². The van der Waals surface area contributed by atoms with E-state index in [4.69, 9.17) is 21.4 Å². The molecule has 17 heavy (non-hydrogen) atoms. The number of nitrogens with one attached hydrogen (secondary N) is 1. The Labute approximate surface area is 106 Å². The predicted octanol–water partition coefficient (Wildman–Crippen LogP) is 1.01. The molecule has 0 saturated carbocycles. The summed E-state index contributed by atoms with van der Waals surface area (Å²) in [5.41, 5.74) is 1.08. The molecule has 1 rings (SSSR count). The Morgan fingerprint density at radius 1 is 1.47 bits per heavy atom. The Kier molecular flexibility index (Phi) is 6.62. The smallest absolute Gasteiger partial charge is 0.246 e. The average Bonchev–Trinajstić information content (AvgIpc) is 2.29. The summed E-state index contributed by atoms with van der Waals surface area (Å²) in [4.78, 5) is 11.2. The number of halogens is 1. The Morgan fingerprint density at radius 2 is 2.29 bits per heavy atom. The first-order valence-electron chi connectivity index (χ1n) is 5.42. The summed E-state index contributed by atoms with van der Waals surface area (Å²) in [6.45, 7) is 0.634. The monoisotopic (exact) mass is 257 g/mol. The molecule has 0 aliphatic rings.